The first kappa shape index (κ1) is 14.4. The van der Waals surface area contributed by atoms with E-state index < -0.39 is 0 Å². The second kappa shape index (κ2) is 6.40. The van der Waals surface area contributed by atoms with Gasteiger partial charge in [-0.2, -0.15) is 10.5 Å². The molecule has 21 heavy (non-hydrogen) atoms. The highest BCUT2D eigenvalue weighted by atomic mass is 16.5. The molecular weight excluding hydrogens is 270 g/mol. The minimum atomic E-state index is 0.0529. The lowest BCUT2D eigenvalue weighted by atomic mass is 10.1. The van der Waals surface area contributed by atoms with Gasteiger partial charge in [0.1, 0.15) is 12.6 Å². The topological polar surface area (TPSA) is 96.8 Å². The van der Waals surface area contributed by atoms with Crippen LogP contribution in [0.25, 0.3) is 0 Å². The molecule has 1 heterocycles. The Bertz CT molecular complexity index is 724. The molecule has 0 fully saturated rings. The van der Waals surface area contributed by atoms with E-state index in [9.17, 15) is 0 Å². The SMILES string of the molecule is COc1ccc(Cc2c(C#N)nnn2CC#N)cc1OC. The predicted octanol–water partition coefficient (Wildman–Crippen LogP) is 1.28. The standard InChI is InChI=1S/C14H13N5O2/c1-20-13-4-3-10(8-14(13)21-2)7-12-11(9-16)17-18-19(12)6-5-15/h3-4,8H,6-7H2,1-2H3. The van der Waals surface area contributed by atoms with Crippen LogP contribution in [0.4, 0.5) is 0 Å². The summed E-state index contributed by atoms with van der Waals surface area (Å²) in [5, 5.41) is 25.4. The lowest BCUT2D eigenvalue weighted by Gasteiger charge is -2.09. The highest BCUT2D eigenvalue weighted by Gasteiger charge is 2.14. The van der Waals surface area contributed by atoms with Crippen molar-refractivity contribution in [3.63, 3.8) is 0 Å². The molecular formula is C14H13N5O2. The fourth-order valence-corrected chi connectivity index (χ4v) is 1.97. The summed E-state index contributed by atoms with van der Waals surface area (Å²) in [6.45, 7) is 0.0529. The average Bonchev–Trinajstić information content (AvgIpc) is 2.89. The molecule has 0 aliphatic rings. The molecule has 7 nitrogen and oxygen atoms in total. The number of nitriles is 2. The van der Waals surface area contributed by atoms with Crippen molar-refractivity contribution in [2.45, 2.75) is 13.0 Å². The molecule has 2 rings (SSSR count). The van der Waals surface area contributed by atoms with E-state index in [1.165, 1.54) is 4.68 Å². The average molecular weight is 283 g/mol. The minimum Gasteiger partial charge on any atom is -0.493 e. The Labute approximate surface area is 121 Å². The minimum absolute atomic E-state index is 0.0529. The van der Waals surface area contributed by atoms with E-state index >= 15 is 0 Å². The van der Waals surface area contributed by atoms with Gasteiger partial charge in [0.25, 0.3) is 0 Å². The first-order valence-corrected chi connectivity index (χ1v) is 6.13. The second-order valence-corrected chi connectivity index (χ2v) is 4.18. The zero-order chi connectivity index (χ0) is 15.2. The van der Waals surface area contributed by atoms with Gasteiger partial charge >= 0.3 is 0 Å². The Hall–Kier alpha value is -3.06. The quantitative estimate of drug-likeness (QED) is 0.820. The van der Waals surface area contributed by atoms with Crippen molar-refractivity contribution >= 4 is 0 Å². The fourth-order valence-electron chi connectivity index (χ4n) is 1.97. The molecule has 0 saturated carbocycles. The lowest BCUT2D eigenvalue weighted by Crippen LogP contribution is -2.05. The van der Waals surface area contributed by atoms with Gasteiger partial charge in [-0.3, -0.25) is 0 Å². The molecule has 7 heteroatoms. The van der Waals surface area contributed by atoms with Gasteiger partial charge < -0.3 is 9.47 Å². The zero-order valence-electron chi connectivity index (χ0n) is 11.7. The lowest BCUT2D eigenvalue weighted by molar-refractivity contribution is 0.354. The van der Waals surface area contributed by atoms with Crippen molar-refractivity contribution in [1.82, 2.24) is 15.0 Å². The normalized spacial score (nSPS) is 9.71. The van der Waals surface area contributed by atoms with Gasteiger partial charge in [0, 0.05) is 6.42 Å². The van der Waals surface area contributed by atoms with E-state index in [4.69, 9.17) is 20.0 Å². The number of benzene rings is 1. The Morgan fingerprint density at radius 2 is 1.95 bits per heavy atom. The van der Waals surface area contributed by atoms with E-state index in [-0.39, 0.29) is 12.2 Å². The zero-order valence-corrected chi connectivity index (χ0v) is 11.7. The Morgan fingerprint density at radius 3 is 2.57 bits per heavy atom. The molecule has 106 valence electrons. The third-order valence-electron chi connectivity index (χ3n) is 2.98. The number of methoxy groups -OCH3 is 2. The third-order valence-corrected chi connectivity index (χ3v) is 2.98. The molecule has 0 aliphatic heterocycles. The summed E-state index contributed by atoms with van der Waals surface area (Å²) < 4.78 is 11.9. The highest BCUT2D eigenvalue weighted by molar-refractivity contribution is 5.44. The van der Waals surface area contributed by atoms with Crippen LogP contribution in [0.1, 0.15) is 17.0 Å². The van der Waals surface area contributed by atoms with Crippen molar-refractivity contribution in [3.05, 3.63) is 35.2 Å². The highest BCUT2D eigenvalue weighted by Crippen LogP contribution is 2.28. The summed E-state index contributed by atoms with van der Waals surface area (Å²) >= 11 is 0. The molecule has 0 N–H and O–H groups in total. The summed E-state index contributed by atoms with van der Waals surface area (Å²) in [5.41, 5.74) is 1.73. The maximum Gasteiger partial charge on any atom is 0.186 e. The number of rotatable bonds is 5. The summed E-state index contributed by atoms with van der Waals surface area (Å²) in [6, 6.07) is 9.46. The number of nitrogens with zero attached hydrogens (tertiary/aromatic N) is 5. The van der Waals surface area contributed by atoms with Crippen LogP contribution in [0.3, 0.4) is 0 Å². The molecule has 0 radical (unpaired) electrons. The molecule has 0 amide bonds. The second-order valence-electron chi connectivity index (χ2n) is 4.18. The van der Waals surface area contributed by atoms with Crippen molar-refractivity contribution in [1.29, 1.82) is 10.5 Å². The Kier molecular flexibility index (Phi) is 4.37. The number of ether oxygens (including phenoxy) is 2. The molecule has 0 unspecified atom stereocenters. The molecule has 0 spiro atoms. The van der Waals surface area contributed by atoms with E-state index in [1.54, 1.807) is 20.3 Å². The van der Waals surface area contributed by atoms with E-state index in [0.717, 1.165) is 5.56 Å². The largest absolute Gasteiger partial charge is 0.493 e. The number of hydrogen-bond donors (Lipinski definition) is 0. The summed E-state index contributed by atoms with van der Waals surface area (Å²) in [5.74, 6) is 1.23. The van der Waals surface area contributed by atoms with Gasteiger partial charge in [-0.1, -0.05) is 11.3 Å². The van der Waals surface area contributed by atoms with Crippen molar-refractivity contribution in [2.75, 3.05) is 14.2 Å². The first-order valence-electron chi connectivity index (χ1n) is 6.13. The van der Waals surface area contributed by atoms with Crippen LogP contribution >= 0.6 is 0 Å². The van der Waals surface area contributed by atoms with Crippen LogP contribution in [0.5, 0.6) is 11.5 Å². The molecule has 0 atom stereocenters. The van der Waals surface area contributed by atoms with Crippen LogP contribution in [0.2, 0.25) is 0 Å². The van der Waals surface area contributed by atoms with Gasteiger partial charge in [0.05, 0.1) is 26.0 Å². The van der Waals surface area contributed by atoms with E-state index in [2.05, 4.69) is 10.3 Å². The van der Waals surface area contributed by atoms with Crippen LogP contribution in [0, 0.1) is 22.7 Å². The van der Waals surface area contributed by atoms with Crippen molar-refractivity contribution in [3.8, 4) is 23.6 Å². The molecule has 1 aromatic carbocycles. The maximum absolute atomic E-state index is 9.07. The number of hydrogen-bond acceptors (Lipinski definition) is 6. The molecule has 0 aliphatic carbocycles. The van der Waals surface area contributed by atoms with Gasteiger partial charge in [-0.05, 0) is 17.7 Å². The van der Waals surface area contributed by atoms with Gasteiger partial charge in [-0.15, -0.1) is 5.10 Å². The Balaban J connectivity index is 2.36. The van der Waals surface area contributed by atoms with Gasteiger partial charge in [0.15, 0.2) is 17.2 Å². The van der Waals surface area contributed by atoms with Crippen molar-refractivity contribution < 1.29 is 9.47 Å². The molecule has 0 saturated heterocycles. The van der Waals surface area contributed by atoms with Crippen LogP contribution < -0.4 is 9.47 Å². The van der Waals surface area contributed by atoms with Crippen LogP contribution in [-0.4, -0.2) is 29.2 Å². The molecule has 1 aromatic heterocycles. The smallest absolute Gasteiger partial charge is 0.186 e. The van der Waals surface area contributed by atoms with Crippen LogP contribution in [-0.2, 0) is 13.0 Å². The van der Waals surface area contributed by atoms with Gasteiger partial charge in [-0.25, -0.2) is 4.68 Å². The van der Waals surface area contributed by atoms with E-state index in [1.807, 2.05) is 24.3 Å². The monoisotopic (exact) mass is 283 g/mol. The summed E-state index contributed by atoms with van der Waals surface area (Å²) in [6.07, 6.45) is 0.428. The third kappa shape index (κ3) is 2.93. The molecule has 2 aromatic rings. The van der Waals surface area contributed by atoms with Crippen molar-refractivity contribution in [2.24, 2.45) is 0 Å². The van der Waals surface area contributed by atoms with Gasteiger partial charge in [0.2, 0.25) is 0 Å². The summed E-state index contributed by atoms with van der Waals surface area (Å²) in [4.78, 5) is 0. The number of aromatic nitrogens is 3. The fraction of sp³-hybridized carbons (Fsp3) is 0.286. The van der Waals surface area contributed by atoms with Crippen LogP contribution in [0.15, 0.2) is 18.2 Å². The summed E-state index contributed by atoms with van der Waals surface area (Å²) in [7, 11) is 3.13. The van der Waals surface area contributed by atoms with E-state index in [0.29, 0.717) is 23.6 Å². The predicted molar refractivity (Wildman–Crippen MR) is 72.7 cm³/mol. The molecule has 0 bridgehead atoms. The Morgan fingerprint density at radius 1 is 1.19 bits per heavy atom. The first-order chi connectivity index (χ1) is 10.2. The maximum atomic E-state index is 9.07.